The second-order valence-corrected chi connectivity index (χ2v) is 8.24. The van der Waals surface area contributed by atoms with Crippen molar-refractivity contribution in [3.8, 4) is 17.2 Å². The van der Waals surface area contributed by atoms with E-state index in [1.165, 1.54) is 27.8 Å². The summed E-state index contributed by atoms with van der Waals surface area (Å²) in [7, 11) is 1.69. The molecular weight excluding hydrogens is 384 g/mol. The highest BCUT2D eigenvalue weighted by molar-refractivity contribution is 5.75. The SMILES string of the molecule is COc1ccc2c(c1)C(Oc1cc3c(c(C4C=Cc5cc(O)ccc54)c1)C=CC3)=CC2. The van der Waals surface area contributed by atoms with E-state index in [9.17, 15) is 5.11 Å². The fourth-order valence-corrected chi connectivity index (χ4v) is 4.89. The zero-order valence-corrected chi connectivity index (χ0v) is 17.3. The van der Waals surface area contributed by atoms with E-state index >= 15 is 0 Å². The third-order valence-electron chi connectivity index (χ3n) is 6.42. The topological polar surface area (TPSA) is 38.7 Å². The average Bonchev–Trinajstić information content (AvgIpc) is 3.51. The maximum absolute atomic E-state index is 9.85. The molecule has 3 heteroatoms. The third kappa shape index (κ3) is 2.97. The van der Waals surface area contributed by atoms with Gasteiger partial charge in [0.05, 0.1) is 7.11 Å². The Labute approximate surface area is 181 Å². The molecule has 3 nitrogen and oxygen atoms in total. The average molecular weight is 406 g/mol. The van der Waals surface area contributed by atoms with Crippen LogP contribution in [0.1, 0.15) is 44.9 Å². The molecule has 0 saturated heterocycles. The lowest BCUT2D eigenvalue weighted by molar-refractivity contribution is 0.414. The molecule has 0 heterocycles. The summed E-state index contributed by atoms with van der Waals surface area (Å²) in [4.78, 5) is 0. The molecular formula is C28H22O3. The number of hydrogen-bond acceptors (Lipinski definition) is 3. The van der Waals surface area contributed by atoms with Crippen molar-refractivity contribution in [2.24, 2.45) is 0 Å². The Balaban J connectivity index is 1.39. The number of phenolic OH excluding ortho intramolecular Hbond substituents is 1. The lowest BCUT2D eigenvalue weighted by Crippen LogP contribution is -2.02. The monoisotopic (exact) mass is 406 g/mol. The van der Waals surface area contributed by atoms with Crippen LogP contribution >= 0.6 is 0 Å². The molecule has 0 amide bonds. The van der Waals surface area contributed by atoms with Crippen LogP contribution in [0.15, 0.2) is 66.8 Å². The van der Waals surface area contributed by atoms with Crippen molar-refractivity contribution >= 4 is 17.9 Å². The van der Waals surface area contributed by atoms with E-state index in [2.05, 4.69) is 48.6 Å². The molecule has 0 aromatic heterocycles. The van der Waals surface area contributed by atoms with Gasteiger partial charge in [0.2, 0.25) is 0 Å². The Morgan fingerprint density at radius 2 is 1.81 bits per heavy atom. The van der Waals surface area contributed by atoms with Crippen molar-refractivity contribution in [2.45, 2.75) is 18.8 Å². The van der Waals surface area contributed by atoms with E-state index in [1.807, 2.05) is 24.3 Å². The molecule has 0 bridgehead atoms. The van der Waals surface area contributed by atoms with E-state index in [-0.39, 0.29) is 5.92 Å². The highest BCUT2D eigenvalue weighted by atomic mass is 16.5. The largest absolute Gasteiger partial charge is 0.508 e. The molecule has 3 aliphatic rings. The quantitative estimate of drug-likeness (QED) is 0.569. The van der Waals surface area contributed by atoms with Crippen molar-refractivity contribution in [1.82, 2.24) is 0 Å². The first-order valence-electron chi connectivity index (χ1n) is 10.6. The van der Waals surface area contributed by atoms with Crippen LogP contribution in [0.4, 0.5) is 0 Å². The van der Waals surface area contributed by atoms with Gasteiger partial charge in [0.25, 0.3) is 0 Å². The maximum Gasteiger partial charge on any atom is 0.131 e. The minimum absolute atomic E-state index is 0.153. The summed E-state index contributed by atoms with van der Waals surface area (Å²) in [5.41, 5.74) is 8.46. The Morgan fingerprint density at radius 1 is 0.871 bits per heavy atom. The molecule has 0 spiro atoms. The Bertz CT molecular complexity index is 1310. The van der Waals surface area contributed by atoms with Gasteiger partial charge >= 0.3 is 0 Å². The molecule has 152 valence electrons. The van der Waals surface area contributed by atoms with Gasteiger partial charge in [0.1, 0.15) is 23.0 Å². The second kappa shape index (κ2) is 6.92. The highest BCUT2D eigenvalue weighted by Gasteiger charge is 2.25. The third-order valence-corrected chi connectivity index (χ3v) is 6.42. The van der Waals surface area contributed by atoms with Crippen LogP contribution in [-0.2, 0) is 12.8 Å². The van der Waals surface area contributed by atoms with Crippen LogP contribution in [0.2, 0.25) is 0 Å². The molecule has 3 aromatic carbocycles. The zero-order valence-electron chi connectivity index (χ0n) is 17.3. The highest BCUT2D eigenvalue weighted by Crippen LogP contribution is 2.43. The summed E-state index contributed by atoms with van der Waals surface area (Å²) in [6, 6.07) is 16.1. The van der Waals surface area contributed by atoms with Gasteiger partial charge in [-0.05, 0) is 88.7 Å². The fraction of sp³-hybridized carbons (Fsp3) is 0.143. The Kier molecular flexibility index (Phi) is 4.03. The van der Waals surface area contributed by atoms with E-state index in [1.54, 1.807) is 13.2 Å². The predicted molar refractivity (Wildman–Crippen MR) is 123 cm³/mol. The smallest absolute Gasteiger partial charge is 0.131 e. The first-order chi connectivity index (χ1) is 15.2. The van der Waals surface area contributed by atoms with Crippen molar-refractivity contribution < 1.29 is 14.6 Å². The molecule has 6 rings (SSSR count). The summed E-state index contributed by atoms with van der Waals surface area (Å²) >= 11 is 0. The molecule has 0 radical (unpaired) electrons. The summed E-state index contributed by atoms with van der Waals surface area (Å²) < 4.78 is 11.9. The number of benzene rings is 3. The van der Waals surface area contributed by atoms with Gasteiger partial charge in [-0.3, -0.25) is 0 Å². The predicted octanol–water partition coefficient (Wildman–Crippen LogP) is 6.10. The summed E-state index contributed by atoms with van der Waals surface area (Å²) in [5, 5.41) is 9.85. The number of methoxy groups -OCH3 is 1. The maximum atomic E-state index is 9.85. The van der Waals surface area contributed by atoms with Crippen molar-refractivity contribution in [3.05, 3.63) is 106 Å². The fourth-order valence-electron chi connectivity index (χ4n) is 4.89. The number of rotatable bonds is 4. The Morgan fingerprint density at radius 3 is 2.71 bits per heavy atom. The lowest BCUT2D eigenvalue weighted by Gasteiger charge is -2.18. The molecule has 3 aromatic rings. The first kappa shape index (κ1) is 18.1. The van der Waals surface area contributed by atoms with Crippen molar-refractivity contribution in [1.29, 1.82) is 0 Å². The number of allylic oxidation sites excluding steroid dienone is 3. The van der Waals surface area contributed by atoms with Crippen LogP contribution in [0.3, 0.4) is 0 Å². The number of phenols is 1. The molecule has 1 atom stereocenters. The molecule has 31 heavy (non-hydrogen) atoms. The van der Waals surface area contributed by atoms with Crippen molar-refractivity contribution in [2.75, 3.05) is 7.11 Å². The van der Waals surface area contributed by atoms with E-state index in [0.29, 0.717) is 5.75 Å². The number of fused-ring (bicyclic) bond motifs is 3. The van der Waals surface area contributed by atoms with Crippen LogP contribution in [0, 0.1) is 0 Å². The van der Waals surface area contributed by atoms with Gasteiger partial charge in [0, 0.05) is 11.5 Å². The van der Waals surface area contributed by atoms with Crippen LogP contribution < -0.4 is 9.47 Å². The minimum atomic E-state index is 0.153. The van der Waals surface area contributed by atoms with Crippen LogP contribution in [0.25, 0.3) is 17.9 Å². The number of hydrogen-bond donors (Lipinski definition) is 1. The molecule has 1 unspecified atom stereocenters. The van der Waals surface area contributed by atoms with Crippen molar-refractivity contribution in [3.63, 3.8) is 0 Å². The van der Waals surface area contributed by atoms with Gasteiger partial charge in [-0.25, -0.2) is 0 Å². The van der Waals surface area contributed by atoms with Crippen LogP contribution in [0.5, 0.6) is 17.2 Å². The molecule has 1 N–H and O–H groups in total. The second-order valence-electron chi connectivity index (χ2n) is 8.24. The number of aromatic hydroxyl groups is 1. The lowest BCUT2D eigenvalue weighted by atomic mass is 9.88. The van der Waals surface area contributed by atoms with E-state index in [4.69, 9.17) is 9.47 Å². The first-order valence-corrected chi connectivity index (χ1v) is 10.6. The molecule has 0 aliphatic heterocycles. The van der Waals surface area contributed by atoms with Gasteiger partial charge in [-0.1, -0.05) is 36.4 Å². The zero-order chi connectivity index (χ0) is 20.9. The molecule has 0 fully saturated rings. The van der Waals surface area contributed by atoms with E-state index in [0.717, 1.165) is 41.2 Å². The van der Waals surface area contributed by atoms with E-state index < -0.39 is 0 Å². The summed E-state index contributed by atoms with van der Waals surface area (Å²) in [6.07, 6.45) is 12.7. The molecule has 0 saturated carbocycles. The van der Waals surface area contributed by atoms with Gasteiger partial charge in [-0.2, -0.15) is 0 Å². The van der Waals surface area contributed by atoms with Gasteiger partial charge < -0.3 is 14.6 Å². The normalized spacial score (nSPS) is 17.3. The number of ether oxygens (including phenoxy) is 2. The Hall–Kier alpha value is -3.72. The minimum Gasteiger partial charge on any atom is -0.508 e. The van der Waals surface area contributed by atoms with Gasteiger partial charge in [-0.15, -0.1) is 0 Å². The van der Waals surface area contributed by atoms with Gasteiger partial charge in [0.15, 0.2) is 0 Å². The standard InChI is InChI=1S/C28H22O3/c1-30-21-9-5-17-7-12-28(26(17)15-21)31-22-14-18-3-2-4-23(18)27(16-22)25-10-6-19-13-20(29)8-11-24(19)25/h2,4-6,8-16,25,29H,3,7H2,1H3. The summed E-state index contributed by atoms with van der Waals surface area (Å²) in [6.45, 7) is 0. The molecule has 3 aliphatic carbocycles. The van der Waals surface area contributed by atoms with Crippen LogP contribution in [-0.4, -0.2) is 12.2 Å². The summed E-state index contributed by atoms with van der Waals surface area (Å²) in [5.74, 6) is 3.04.